The van der Waals surface area contributed by atoms with Gasteiger partial charge in [-0.3, -0.25) is 4.79 Å². The second-order valence-corrected chi connectivity index (χ2v) is 7.26. The van der Waals surface area contributed by atoms with Crippen LogP contribution in [0.1, 0.15) is 33.5 Å². The second kappa shape index (κ2) is 8.18. The number of carbonyl (C=O) groups excluding carboxylic acids is 2. The third-order valence-corrected chi connectivity index (χ3v) is 4.90. The van der Waals surface area contributed by atoms with Crippen molar-refractivity contribution in [1.82, 2.24) is 15.1 Å². The van der Waals surface area contributed by atoms with Crippen LogP contribution in [0.3, 0.4) is 0 Å². The van der Waals surface area contributed by atoms with Gasteiger partial charge in [0.1, 0.15) is 0 Å². The van der Waals surface area contributed by atoms with E-state index in [0.717, 1.165) is 22.0 Å². The van der Waals surface area contributed by atoms with Gasteiger partial charge >= 0.3 is 5.97 Å². The van der Waals surface area contributed by atoms with E-state index in [-0.39, 0.29) is 5.91 Å². The summed E-state index contributed by atoms with van der Waals surface area (Å²) < 4.78 is 7.08. The minimum atomic E-state index is -0.867. The average molecular weight is 383 g/mol. The molecule has 0 aliphatic carbocycles. The third kappa shape index (κ3) is 4.62. The molecule has 1 aromatic carbocycles. The summed E-state index contributed by atoms with van der Waals surface area (Å²) in [6.07, 6.45) is -0.867. The number of hydrogen-bond acceptors (Lipinski definition) is 5. The molecule has 0 fully saturated rings. The number of amides is 1. The Morgan fingerprint density at radius 2 is 1.96 bits per heavy atom. The van der Waals surface area contributed by atoms with Crippen LogP contribution >= 0.6 is 11.3 Å². The highest BCUT2D eigenvalue weighted by Crippen LogP contribution is 2.14. The maximum atomic E-state index is 12.3. The van der Waals surface area contributed by atoms with Crippen LogP contribution in [-0.4, -0.2) is 27.8 Å². The Labute approximate surface area is 161 Å². The number of aryl methyl sites for hydroxylation is 2. The van der Waals surface area contributed by atoms with E-state index < -0.39 is 12.1 Å². The third-order valence-electron chi connectivity index (χ3n) is 4.03. The molecule has 1 atom stereocenters. The van der Waals surface area contributed by atoms with Crippen molar-refractivity contribution < 1.29 is 14.3 Å². The first-order chi connectivity index (χ1) is 12.9. The quantitative estimate of drug-likeness (QED) is 0.662. The Bertz CT molecular complexity index is 930. The Morgan fingerprint density at radius 1 is 1.22 bits per heavy atom. The van der Waals surface area contributed by atoms with Gasteiger partial charge in [0.25, 0.3) is 5.91 Å². The molecule has 140 valence electrons. The summed E-state index contributed by atoms with van der Waals surface area (Å²) in [7, 11) is 0. The SMILES string of the molecule is Cc1cc(C)n(-c2ccc(C(=O)OC(C)C(=O)NCc3cccs3)cc2)n1. The molecule has 1 unspecified atom stereocenters. The highest BCUT2D eigenvalue weighted by Gasteiger charge is 2.19. The van der Waals surface area contributed by atoms with E-state index in [9.17, 15) is 9.59 Å². The summed E-state index contributed by atoms with van der Waals surface area (Å²) in [4.78, 5) is 25.4. The molecule has 0 saturated heterocycles. The standard InChI is InChI=1S/C20H21N3O3S/c1-13-11-14(2)23(22-13)17-8-6-16(7-9-17)20(25)26-15(3)19(24)21-12-18-5-4-10-27-18/h4-11,15H,12H2,1-3H3,(H,21,24). The van der Waals surface area contributed by atoms with E-state index >= 15 is 0 Å². The normalized spacial score (nSPS) is 11.8. The fraction of sp³-hybridized carbons (Fsp3) is 0.250. The molecule has 0 saturated carbocycles. The number of benzene rings is 1. The smallest absolute Gasteiger partial charge is 0.338 e. The number of hydrogen-bond donors (Lipinski definition) is 1. The fourth-order valence-corrected chi connectivity index (χ4v) is 3.29. The minimum Gasteiger partial charge on any atom is -0.449 e. The van der Waals surface area contributed by atoms with Crippen molar-refractivity contribution in [3.8, 4) is 5.69 Å². The largest absolute Gasteiger partial charge is 0.449 e. The summed E-state index contributed by atoms with van der Waals surface area (Å²) in [5.74, 6) is -0.857. The van der Waals surface area contributed by atoms with Crippen LogP contribution in [0, 0.1) is 13.8 Å². The first kappa shape index (κ1) is 18.8. The van der Waals surface area contributed by atoms with E-state index in [2.05, 4.69) is 10.4 Å². The molecular formula is C20H21N3O3S. The van der Waals surface area contributed by atoms with Crippen LogP contribution in [0.4, 0.5) is 0 Å². The second-order valence-electron chi connectivity index (χ2n) is 6.23. The molecule has 0 radical (unpaired) electrons. The topological polar surface area (TPSA) is 73.2 Å². The van der Waals surface area contributed by atoms with Crippen molar-refractivity contribution in [1.29, 1.82) is 0 Å². The van der Waals surface area contributed by atoms with Crippen molar-refractivity contribution in [2.24, 2.45) is 0 Å². The average Bonchev–Trinajstić information content (AvgIpc) is 3.28. The van der Waals surface area contributed by atoms with Gasteiger partial charge in [0.2, 0.25) is 0 Å². The van der Waals surface area contributed by atoms with E-state index in [4.69, 9.17) is 4.74 Å². The molecule has 0 bridgehead atoms. The van der Waals surface area contributed by atoms with Crippen LogP contribution in [0.2, 0.25) is 0 Å². The van der Waals surface area contributed by atoms with E-state index in [1.54, 1.807) is 42.5 Å². The fourth-order valence-electron chi connectivity index (χ4n) is 2.64. The summed E-state index contributed by atoms with van der Waals surface area (Å²) in [5.41, 5.74) is 3.19. The summed E-state index contributed by atoms with van der Waals surface area (Å²) >= 11 is 1.56. The highest BCUT2D eigenvalue weighted by molar-refractivity contribution is 7.09. The number of aromatic nitrogens is 2. The van der Waals surface area contributed by atoms with Gasteiger partial charge in [-0.25, -0.2) is 9.48 Å². The van der Waals surface area contributed by atoms with Gasteiger partial charge in [-0.2, -0.15) is 5.10 Å². The van der Waals surface area contributed by atoms with Gasteiger partial charge in [0.15, 0.2) is 6.10 Å². The van der Waals surface area contributed by atoms with Crippen molar-refractivity contribution in [2.45, 2.75) is 33.4 Å². The molecule has 6 nitrogen and oxygen atoms in total. The molecule has 0 aliphatic rings. The van der Waals surface area contributed by atoms with Gasteiger partial charge in [0.05, 0.1) is 23.5 Å². The number of carbonyl (C=O) groups is 2. The van der Waals surface area contributed by atoms with Crippen LogP contribution in [0.5, 0.6) is 0 Å². The molecule has 1 N–H and O–H groups in total. The summed E-state index contributed by atoms with van der Waals surface area (Å²) in [5, 5.41) is 9.13. The van der Waals surface area contributed by atoms with Gasteiger partial charge in [-0.1, -0.05) is 6.07 Å². The van der Waals surface area contributed by atoms with Crippen molar-refractivity contribution in [3.63, 3.8) is 0 Å². The van der Waals surface area contributed by atoms with E-state index in [0.29, 0.717) is 12.1 Å². The number of nitrogens with zero attached hydrogens (tertiary/aromatic N) is 2. The zero-order valence-electron chi connectivity index (χ0n) is 15.4. The molecule has 1 amide bonds. The zero-order chi connectivity index (χ0) is 19.4. The molecule has 27 heavy (non-hydrogen) atoms. The number of thiophene rings is 1. The number of esters is 1. The molecule has 2 aromatic heterocycles. The first-order valence-corrected chi connectivity index (χ1v) is 9.47. The van der Waals surface area contributed by atoms with Gasteiger partial charge in [-0.15, -0.1) is 11.3 Å². The van der Waals surface area contributed by atoms with Crippen LogP contribution in [-0.2, 0) is 16.1 Å². The Kier molecular flexibility index (Phi) is 5.71. The van der Waals surface area contributed by atoms with Crippen LogP contribution in [0.15, 0.2) is 47.8 Å². The molecule has 3 rings (SSSR count). The van der Waals surface area contributed by atoms with Crippen molar-refractivity contribution >= 4 is 23.2 Å². The van der Waals surface area contributed by atoms with E-state index in [1.165, 1.54) is 0 Å². The Hall–Kier alpha value is -2.93. The van der Waals surface area contributed by atoms with Crippen LogP contribution < -0.4 is 5.32 Å². The predicted octanol–water partition coefficient (Wildman–Crippen LogP) is 3.41. The Balaban J connectivity index is 1.58. The summed E-state index contributed by atoms with van der Waals surface area (Å²) in [6, 6.07) is 12.8. The molecule has 2 heterocycles. The molecule has 0 aliphatic heterocycles. The maximum absolute atomic E-state index is 12.3. The molecule has 7 heteroatoms. The van der Waals surface area contributed by atoms with Crippen LogP contribution in [0.25, 0.3) is 5.69 Å². The summed E-state index contributed by atoms with van der Waals surface area (Å²) in [6.45, 7) is 5.89. The molecule has 0 spiro atoms. The number of ether oxygens (including phenoxy) is 1. The molecular weight excluding hydrogens is 362 g/mol. The van der Waals surface area contributed by atoms with E-state index in [1.807, 2.05) is 42.1 Å². The minimum absolute atomic E-state index is 0.323. The van der Waals surface area contributed by atoms with Gasteiger partial charge in [0, 0.05) is 10.6 Å². The van der Waals surface area contributed by atoms with Crippen molar-refractivity contribution in [3.05, 3.63) is 69.7 Å². The lowest BCUT2D eigenvalue weighted by atomic mass is 10.2. The molecule has 3 aromatic rings. The lowest BCUT2D eigenvalue weighted by molar-refractivity contribution is -0.129. The predicted molar refractivity (Wildman–Crippen MR) is 104 cm³/mol. The highest BCUT2D eigenvalue weighted by atomic mass is 32.1. The number of nitrogens with one attached hydrogen (secondary N) is 1. The number of rotatable bonds is 6. The zero-order valence-corrected chi connectivity index (χ0v) is 16.2. The first-order valence-electron chi connectivity index (χ1n) is 8.59. The monoisotopic (exact) mass is 383 g/mol. The maximum Gasteiger partial charge on any atom is 0.338 e. The lowest BCUT2D eigenvalue weighted by Gasteiger charge is -2.13. The Morgan fingerprint density at radius 3 is 2.56 bits per heavy atom. The van der Waals surface area contributed by atoms with Gasteiger partial charge in [-0.05, 0) is 62.5 Å². The lowest BCUT2D eigenvalue weighted by Crippen LogP contribution is -2.35. The van der Waals surface area contributed by atoms with Crippen molar-refractivity contribution in [2.75, 3.05) is 0 Å². The van der Waals surface area contributed by atoms with Gasteiger partial charge < -0.3 is 10.1 Å².